The number of carbonyl (C=O) groups is 1. The Labute approximate surface area is 124 Å². The monoisotopic (exact) mass is 291 g/mol. The molecule has 1 heterocycles. The lowest BCUT2D eigenvalue weighted by atomic mass is 10.3. The van der Waals surface area contributed by atoms with Crippen LogP contribution in [0.15, 0.2) is 30.6 Å². The maximum atomic E-state index is 12.1. The molecule has 1 aromatic carbocycles. The van der Waals surface area contributed by atoms with Crippen LogP contribution in [-0.2, 0) is 16.1 Å². The number of likely N-dealkylation sites (N-methyl/N-ethyl adjacent to an activating group) is 1. The van der Waals surface area contributed by atoms with Gasteiger partial charge in [0.1, 0.15) is 0 Å². The predicted octanol–water partition coefficient (Wildman–Crippen LogP) is 0.892. The van der Waals surface area contributed by atoms with Crippen LogP contribution in [0.5, 0.6) is 0 Å². The highest BCUT2D eigenvalue weighted by molar-refractivity contribution is 5.77. The number of aliphatic hydroxyl groups is 1. The number of fused-ring (bicyclic) bond motifs is 1. The van der Waals surface area contributed by atoms with Crippen LogP contribution >= 0.6 is 0 Å². The molecular formula is C15H21N3O3. The fourth-order valence-corrected chi connectivity index (χ4v) is 2.26. The first-order valence-electron chi connectivity index (χ1n) is 6.92. The summed E-state index contributed by atoms with van der Waals surface area (Å²) in [6.45, 7) is 1.07. The van der Waals surface area contributed by atoms with Crippen molar-refractivity contribution in [2.24, 2.45) is 0 Å². The van der Waals surface area contributed by atoms with Gasteiger partial charge in [0.05, 0.1) is 30.1 Å². The molecule has 0 bridgehead atoms. The van der Waals surface area contributed by atoms with Crippen LogP contribution in [0.3, 0.4) is 0 Å². The highest BCUT2D eigenvalue weighted by Crippen LogP contribution is 2.12. The van der Waals surface area contributed by atoms with Crippen molar-refractivity contribution in [1.82, 2.24) is 14.5 Å². The van der Waals surface area contributed by atoms with E-state index in [0.717, 1.165) is 11.0 Å². The number of imidazole rings is 1. The Kier molecular flexibility index (Phi) is 5.30. The number of nitrogens with zero attached hydrogens (tertiary/aromatic N) is 3. The molecule has 0 spiro atoms. The zero-order valence-electron chi connectivity index (χ0n) is 12.4. The van der Waals surface area contributed by atoms with Crippen molar-refractivity contribution in [3.05, 3.63) is 30.6 Å². The molecule has 114 valence electrons. The first-order chi connectivity index (χ1) is 10.1. The molecule has 0 radical (unpaired) electrons. The van der Waals surface area contributed by atoms with E-state index in [0.29, 0.717) is 13.0 Å². The SMILES string of the molecule is COCC(O)CN(C)C(=O)CCn1cnc2ccccc21. The number of hydrogen-bond donors (Lipinski definition) is 1. The van der Waals surface area contributed by atoms with Gasteiger partial charge >= 0.3 is 0 Å². The van der Waals surface area contributed by atoms with E-state index in [-0.39, 0.29) is 19.1 Å². The molecule has 6 heteroatoms. The third-order valence-corrected chi connectivity index (χ3v) is 3.36. The van der Waals surface area contributed by atoms with Gasteiger partial charge in [0.25, 0.3) is 0 Å². The Bertz CT molecular complexity index is 597. The van der Waals surface area contributed by atoms with E-state index in [4.69, 9.17) is 4.74 Å². The Morgan fingerprint density at radius 3 is 3.00 bits per heavy atom. The van der Waals surface area contributed by atoms with E-state index in [2.05, 4.69) is 4.98 Å². The van der Waals surface area contributed by atoms with E-state index < -0.39 is 6.10 Å². The maximum Gasteiger partial charge on any atom is 0.224 e. The molecule has 0 saturated carbocycles. The van der Waals surface area contributed by atoms with Crippen molar-refractivity contribution < 1.29 is 14.6 Å². The minimum absolute atomic E-state index is 0.0112. The lowest BCUT2D eigenvalue weighted by molar-refractivity contribution is -0.131. The van der Waals surface area contributed by atoms with Crippen LogP contribution in [0, 0.1) is 0 Å². The number of rotatable bonds is 7. The molecule has 0 aliphatic carbocycles. The Hall–Kier alpha value is -1.92. The molecule has 0 saturated heterocycles. The summed E-state index contributed by atoms with van der Waals surface area (Å²) >= 11 is 0. The van der Waals surface area contributed by atoms with Gasteiger partial charge in [-0.3, -0.25) is 4.79 Å². The minimum Gasteiger partial charge on any atom is -0.389 e. The Morgan fingerprint density at radius 2 is 2.24 bits per heavy atom. The average Bonchev–Trinajstić information content (AvgIpc) is 2.88. The summed E-state index contributed by atoms with van der Waals surface area (Å²) in [5, 5.41) is 9.63. The molecule has 1 N–H and O–H groups in total. The first kappa shape index (κ1) is 15.5. The second-order valence-corrected chi connectivity index (χ2v) is 5.06. The number of aryl methyl sites for hydroxylation is 1. The molecule has 1 amide bonds. The van der Waals surface area contributed by atoms with Crippen LogP contribution in [0.2, 0.25) is 0 Å². The van der Waals surface area contributed by atoms with Crippen molar-refractivity contribution in [1.29, 1.82) is 0 Å². The summed E-state index contributed by atoms with van der Waals surface area (Å²) in [6, 6.07) is 7.82. The third kappa shape index (κ3) is 4.03. The van der Waals surface area contributed by atoms with Crippen molar-refractivity contribution in [2.75, 3.05) is 27.3 Å². The van der Waals surface area contributed by atoms with Crippen molar-refractivity contribution in [3.63, 3.8) is 0 Å². The highest BCUT2D eigenvalue weighted by Gasteiger charge is 2.14. The fraction of sp³-hybridized carbons (Fsp3) is 0.467. The first-order valence-corrected chi connectivity index (χ1v) is 6.92. The summed E-state index contributed by atoms with van der Waals surface area (Å²) < 4.78 is 6.82. The number of aliphatic hydroxyl groups excluding tert-OH is 1. The molecule has 2 aromatic rings. The van der Waals surface area contributed by atoms with Crippen molar-refractivity contribution in [2.45, 2.75) is 19.1 Å². The molecule has 0 fully saturated rings. The zero-order chi connectivity index (χ0) is 15.2. The number of carbonyl (C=O) groups excluding carboxylic acids is 1. The lowest BCUT2D eigenvalue weighted by Crippen LogP contribution is -2.36. The van der Waals surface area contributed by atoms with Gasteiger partial charge in [0.15, 0.2) is 0 Å². The molecule has 0 aliphatic heterocycles. The van der Waals surface area contributed by atoms with Gasteiger partial charge in [-0.05, 0) is 12.1 Å². The van der Waals surface area contributed by atoms with E-state index in [1.165, 1.54) is 12.0 Å². The second kappa shape index (κ2) is 7.19. The quantitative estimate of drug-likeness (QED) is 0.823. The number of methoxy groups -OCH3 is 1. The van der Waals surface area contributed by atoms with Gasteiger partial charge in [-0.25, -0.2) is 4.98 Å². The largest absolute Gasteiger partial charge is 0.389 e. The molecule has 2 rings (SSSR count). The van der Waals surface area contributed by atoms with Gasteiger partial charge in [0.2, 0.25) is 5.91 Å². The molecular weight excluding hydrogens is 270 g/mol. The predicted molar refractivity (Wildman–Crippen MR) is 79.9 cm³/mol. The number of amides is 1. The van der Waals surface area contributed by atoms with Crippen molar-refractivity contribution in [3.8, 4) is 0 Å². The molecule has 21 heavy (non-hydrogen) atoms. The van der Waals surface area contributed by atoms with Gasteiger partial charge in [-0.2, -0.15) is 0 Å². The number of hydrogen-bond acceptors (Lipinski definition) is 4. The van der Waals surface area contributed by atoms with E-state index >= 15 is 0 Å². The van der Waals surface area contributed by atoms with Gasteiger partial charge in [-0.1, -0.05) is 12.1 Å². The van der Waals surface area contributed by atoms with Crippen LogP contribution in [0.1, 0.15) is 6.42 Å². The third-order valence-electron chi connectivity index (χ3n) is 3.36. The summed E-state index contributed by atoms with van der Waals surface area (Å²) in [5.41, 5.74) is 1.95. The number of aromatic nitrogens is 2. The molecule has 0 aliphatic rings. The molecule has 1 atom stereocenters. The van der Waals surface area contributed by atoms with E-state index in [1.54, 1.807) is 13.4 Å². The van der Waals surface area contributed by atoms with Gasteiger partial charge in [0, 0.05) is 33.7 Å². The van der Waals surface area contributed by atoms with E-state index in [9.17, 15) is 9.90 Å². The van der Waals surface area contributed by atoms with Crippen LogP contribution in [-0.4, -0.2) is 58.9 Å². The van der Waals surface area contributed by atoms with Crippen LogP contribution in [0.4, 0.5) is 0 Å². The summed E-state index contributed by atoms with van der Waals surface area (Å²) in [4.78, 5) is 17.9. The normalized spacial score (nSPS) is 12.5. The van der Waals surface area contributed by atoms with E-state index in [1.807, 2.05) is 28.8 Å². The van der Waals surface area contributed by atoms with Crippen molar-refractivity contribution >= 4 is 16.9 Å². The summed E-state index contributed by atoms with van der Waals surface area (Å²) in [7, 11) is 3.21. The smallest absolute Gasteiger partial charge is 0.224 e. The standard InChI is InChI=1S/C15H21N3O3/c1-17(9-12(19)10-21-2)15(20)7-8-18-11-16-13-5-3-4-6-14(13)18/h3-6,11-12,19H,7-10H2,1-2H3. The van der Waals surface area contributed by atoms with Gasteiger partial charge in [-0.15, -0.1) is 0 Å². The highest BCUT2D eigenvalue weighted by atomic mass is 16.5. The molecule has 6 nitrogen and oxygen atoms in total. The molecule has 1 unspecified atom stereocenters. The summed E-state index contributed by atoms with van der Waals surface area (Å²) in [5.74, 6) is -0.0112. The number of ether oxygens (including phenoxy) is 1. The topological polar surface area (TPSA) is 67.6 Å². The zero-order valence-corrected chi connectivity index (χ0v) is 12.4. The Balaban J connectivity index is 1.89. The van der Waals surface area contributed by atoms with Crippen LogP contribution < -0.4 is 0 Å². The second-order valence-electron chi connectivity index (χ2n) is 5.06. The number of para-hydroxylation sites is 2. The average molecular weight is 291 g/mol. The Morgan fingerprint density at radius 1 is 1.48 bits per heavy atom. The van der Waals surface area contributed by atoms with Gasteiger partial charge < -0.3 is 19.3 Å². The summed E-state index contributed by atoms with van der Waals surface area (Å²) in [6.07, 6.45) is 1.46. The lowest BCUT2D eigenvalue weighted by Gasteiger charge is -2.20. The minimum atomic E-state index is -0.655. The maximum absolute atomic E-state index is 12.1. The number of benzene rings is 1. The molecule has 1 aromatic heterocycles. The van der Waals surface area contributed by atoms with Crippen LogP contribution in [0.25, 0.3) is 11.0 Å². The fourth-order valence-electron chi connectivity index (χ4n) is 2.26.